The summed E-state index contributed by atoms with van der Waals surface area (Å²) in [4.78, 5) is 13.4. The molecular weight excluding hydrogens is 236 g/mol. The molecule has 2 N–H and O–H groups in total. The minimum atomic E-state index is -0.273. The van der Waals surface area contributed by atoms with E-state index in [4.69, 9.17) is 17.3 Å². The van der Waals surface area contributed by atoms with Crippen molar-refractivity contribution in [3.05, 3.63) is 29.3 Å². The van der Waals surface area contributed by atoms with E-state index in [1.807, 2.05) is 24.3 Å². The maximum Gasteiger partial charge on any atom is 0.236 e. The van der Waals surface area contributed by atoms with Crippen molar-refractivity contribution in [2.75, 3.05) is 11.4 Å². The van der Waals surface area contributed by atoms with Crippen LogP contribution in [0.2, 0.25) is 5.02 Å². The molecule has 3 saturated carbocycles. The zero-order valence-corrected chi connectivity index (χ0v) is 10.3. The predicted octanol–water partition coefficient (Wildman–Crippen LogP) is 2.18. The molecule has 3 nitrogen and oxygen atoms in total. The van der Waals surface area contributed by atoms with E-state index < -0.39 is 0 Å². The lowest BCUT2D eigenvalue weighted by Gasteiger charge is -2.67. The first-order valence-electron chi connectivity index (χ1n) is 5.91. The van der Waals surface area contributed by atoms with Crippen LogP contribution in [-0.4, -0.2) is 18.0 Å². The summed E-state index contributed by atoms with van der Waals surface area (Å²) >= 11 is 5.88. The van der Waals surface area contributed by atoms with E-state index in [0.717, 1.165) is 11.6 Å². The summed E-state index contributed by atoms with van der Waals surface area (Å²) in [5, 5.41) is 0.713. The molecular formula is C13H15ClN2O. The number of nitrogens with zero attached hydrogens (tertiary/aromatic N) is 1. The minimum Gasteiger partial charge on any atom is -0.368 e. The lowest BCUT2D eigenvalue weighted by Crippen LogP contribution is -2.69. The Bertz CT molecular complexity index is 440. The van der Waals surface area contributed by atoms with Gasteiger partial charge in [0.05, 0.1) is 6.54 Å². The molecule has 4 heteroatoms. The maximum atomic E-state index is 11.2. The Kier molecular flexibility index (Phi) is 2.33. The first-order chi connectivity index (χ1) is 8.09. The lowest BCUT2D eigenvalue weighted by molar-refractivity contribution is -0.118. The van der Waals surface area contributed by atoms with Crippen LogP contribution in [0, 0.1) is 5.92 Å². The lowest BCUT2D eigenvalue weighted by atomic mass is 9.49. The number of rotatable bonds is 4. The SMILES string of the molecule is NC(=O)CN(c1ccc(Cl)cc1)C12CC(C1)C2. The summed E-state index contributed by atoms with van der Waals surface area (Å²) in [6.07, 6.45) is 3.59. The van der Waals surface area contributed by atoms with Gasteiger partial charge in [-0.2, -0.15) is 0 Å². The van der Waals surface area contributed by atoms with E-state index >= 15 is 0 Å². The Morgan fingerprint density at radius 1 is 1.35 bits per heavy atom. The van der Waals surface area contributed by atoms with Crippen molar-refractivity contribution < 1.29 is 4.79 Å². The fraction of sp³-hybridized carbons (Fsp3) is 0.462. The largest absolute Gasteiger partial charge is 0.368 e. The Morgan fingerprint density at radius 3 is 2.35 bits per heavy atom. The van der Waals surface area contributed by atoms with Crippen molar-refractivity contribution in [1.82, 2.24) is 0 Å². The van der Waals surface area contributed by atoms with Gasteiger partial charge in [0.1, 0.15) is 0 Å². The van der Waals surface area contributed by atoms with Gasteiger partial charge in [0, 0.05) is 16.2 Å². The average molecular weight is 251 g/mol. The van der Waals surface area contributed by atoms with E-state index in [-0.39, 0.29) is 11.4 Å². The van der Waals surface area contributed by atoms with Crippen molar-refractivity contribution >= 4 is 23.2 Å². The zero-order valence-electron chi connectivity index (χ0n) is 9.53. The van der Waals surface area contributed by atoms with Crippen molar-refractivity contribution in [1.29, 1.82) is 0 Å². The highest BCUT2D eigenvalue weighted by atomic mass is 35.5. The molecule has 90 valence electrons. The average Bonchev–Trinajstić information content (AvgIpc) is 2.12. The van der Waals surface area contributed by atoms with Crippen LogP contribution < -0.4 is 10.6 Å². The second kappa shape index (κ2) is 3.64. The standard InChI is InChI=1S/C13H15ClN2O/c14-10-1-3-11(4-2-10)16(8-12(15)17)13-5-9(6-13)7-13/h1-4,9H,5-8H2,(H2,15,17). The van der Waals surface area contributed by atoms with Gasteiger partial charge in [-0.15, -0.1) is 0 Å². The molecule has 3 aliphatic carbocycles. The van der Waals surface area contributed by atoms with Gasteiger partial charge >= 0.3 is 0 Å². The molecule has 17 heavy (non-hydrogen) atoms. The number of anilines is 1. The number of hydrogen-bond acceptors (Lipinski definition) is 2. The van der Waals surface area contributed by atoms with Crippen molar-refractivity contribution in [2.45, 2.75) is 24.8 Å². The van der Waals surface area contributed by atoms with Gasteiger partial charge in [-0.3, -0.25) is 4.79 Å². The first-order valence-corrected chi connectivity index (χ1v) is 6.28. The zero-order chi connectivity index (χ0) is 12.0. The number of hydrogen-bond donors (Lipinski definition) is 1. The Balaban J connectivity index is 1.87. The molecule has 0 aromatic heterocycles. The molecule has 0 radical (unpaired) electrons. The number of amides is 1. The van der Waals surface area contributed by atoms with Crippen LogP contribution >= 0.6 is 11.6 Å². The van der Waals surface area contributed by atoms with Crippen LogP contribution in [-0.2, 0) is 4.79 Å². The molecule has 3 aliphatic rings. The molecule has 0 atom stereocenters. The van der Waals surface area contributed by atoms with Crippen molar-refractivity contribution in [3.63, 3.8) is 0 Å². The second-order valence-electron chi connectivity index (χ2n) is 5.23. The highest BCUT2D eigenvalue weighted by Gasteiger charge is 2.60. The fourth-order valence-corrected chi connectivity index (χ4v) is 3.20. The van der Waals surface area contributed by atoms with Crippen LogP contribution in [0.1, 0.15) is 19.3 Å². The number of primary amides is 1. The second-order valence-corrected chi connectivity index (χ2v) is 5.67. The van der Waals surface area contributed by atoms with Gasteiger partial charge in [0.2, 0.25) is 5.91 Å². The van der Waals surface area contributed by atoms with E-state index in [2.05, 4.69) is 4.90 Å². The maximum absolute atomic E-state index is 11.2. The topological polar surface area (TPSA) is 46.3 Å². The van der Waals surface area contributed by atoms with Crippen LogP contribution in [0.3, 0.4) is 0 Å². The quantitative estimate of drug-likeness (QED) is 0.890. The third-order valence-electron chi connectivity index (χ3n) is 4.03. The number of benzene rings is 1. The Hall–Kier alpha value is -1.22. The molecule has 1 aromatic carbocycles. The molecule has 1 aromatic rings. The highest BCUT2D eigenvalue weighted by Crippen LogP contribution is 2.61. The number of carbonyl (C=O) groups is 1. The molecule has 2 bridgehead atoms. The van der Waals surface area contributed by atoms with Gasteiger partial charge in [-0.05, 0) is 49.4 Å². The van der Waals surface area contributed by atoms with Crippen molar-refractivity contribution in [2.24, 2.45) is 11.7 Å². The number of halogens is 1. The van der Waals surface area contributed by atoms with Gasteiger partial charge < -0.3 is 10.6 Å². The van der Waals surface area contributed by atoms with Crippen LogP contribution in [0.15, 0.2) is 24.3 Å². The van der Waals surface area contributed by atoms with Crippen molar-refractivity contribution in [3.8, 4) is 0 Å². The summed E-state index contributed by atoms with van der Waals surface area (Å²) in [6, 6.07) is 7.64. The Labute approximate surface area is 106 Å². The summed E-state index contributed by atoms with van der Waals surface area (Å²) in [5.41, 5.74) is 6.60. The fourth-order valence-electron chi connectivity index (χ4n) is 3.07. The summed E-state index contributed by atoms with van der Waals surface area (Å²) in [5.74, 6) is 0.599. The van der Waals surface area contributed by atoms with E-state index in [9.17, 15) is 4.79 Å². The van der Waals surface area contributed by atoms with Crippen LogP contribution in [0.5, 0.6) is 0 Å². The molecule has 0 spiro atoms. The Morgan fingerprint density at radius 2 is 1.94 bits per heavy atom. The molecule has 0 saturated heterocycles. The molecule has 0 aliphatic heterocycles. The molecule has 3 fully saturated rings. The molecule has 1 amide bonds. The van der Waals surface area contributed by atoms with Gasteiger partial charge in [0.25, 0.3) is 0 Å². The first kappa shape index (κ1) is 10.9. The smallest absolute Gasteiger partial charge is 0.236 e. The normalized spacial score (nSPS) is 29.1. The monoisotopic (exact) mass is 250 g/mol. The van der Waals surface area contributed by atoms with Gasteiger partial charge in [-0.25, -0.2) is 0 Å². The third-order valence-corrected chi connectivity index (χ3v) is 4.28. The van der Waals surface area contributed by atoms with Crippen LogP contribution in [0.25, 0.3) is 0 Å². The van der Waals surface area contributed by atoms with E-state index in [1.165, 1.54) is 19.3 Å². The van der Waals surface area contributed by atoms with Crippen LogP contribution in [0.4, 0.5) is 5.69 Å². The predicted molar refractivity (Wildman–Crippen MR) is 68.1 cm³/mol. The minimum absolute atomic E-state index is 0.202. The number of nitrogens with two attached hydrogens (primary N) is 1. The van der Waals surface area contributed by atoms with E-state index in [1.54, 1.807) is 0 Å². The third kappa shape index (κ3) is 1.69. The van der Waals surface area contributed by atoms with E-state index in [0.29, 0.717) is 11.6 Å². The van der Waals surface area contributed by atoms with Gasteiger partial charge in [-0.1, -0.05) is 11.6 Å². The highest BCUT2D eigenvalue weighted by molar-refractivity contribution is 6.30. The summed E-state index contributed by atoms with van der Waals surface area (Å²) in [7, 11) is 0. The summed E-state index contributed by atoms with van der Waals surface area (Å²) in [6.45, 7) is 0.300. The van der Waals surface area contributed by atoms with Gasteiger partial charge in [0.15, 0.2) is 0 Å². The summed E-state index contributed by atoms with van der Waals surface area (Å²) < 4.78 is 0. The molecule has 4 rings (SSSR count). The molecule has 0 unspecified atom stereocenters. The number of carbonyl (C=O) groups excluding carboxylic acids is 1. The molecule has 0 heterocycles.